The Kier molecular flexibility index (Phi) is 4.72. The number of likely N-dealkylation sites (tertiary alicyclic amines) is 1. The predicted octanol–water partition coefficient (Wildman–Crippen LogP) is 3.75. The molecule has 176 valence electrons. The number of fused-ring (bicyclic) bond motifs is 2. The summed E-state index contributed by atoms with van der Waals surface area (Å²) in [7, 11) is 3.20. The molecule has 1 saturated carbocycles. The Morgan fingerprint density at radius 3 is 2.59 bits per heavy atom. The molecular formula is C26H27N3O5. The van der Waals surface area contributed by atoms with E-state index in [2.05, 4.69) is 22.1 Å². The van der Waals surface area contributed by atoms with Gasteiger partial charge in [0.15, 0.2) is 5.72 Å². The van der Waals surface area contributed by atoms with Crippen LogP contribution >= 0.6 is 0 Å². The number of rotatable bonds is 4. The number of hydrogen-bond acceptors (Lipinski definition) is 5. The van der Waals surface area contributed by atoms with Crippen molar-refractivity contribution in [2.75, 3.05) is 27.3 Å². The van der Waals surface area contributed by atoms with Crippen molar-refractivity contribution in [2.45, 2.75) is 37.5 Å². The maximum absolute atomic E-state index is 13.5. The normalized spacial score (nSPS) is 18.9. The number of hydrogen-bond donors (Lipinski definition) is 1. The van der Waals surface area contributed by atoms with Gasteiger partial charge in [-0.25, -0.2) is 0 Å². The van der Waals surface area contributed by atoms with E-state index in [4.69, 9.17) is 14.2 Å². The molecule has 2 aromatic carbocycles. The Morgan fingerprint density at radius 1 is 1.09 bits per heavy atom. The Labute approximate surface area is 197 Å². The zero-order valence-electron chi connectivity index (χ0n) is 19.3. The molecule has 2 fully saturated rings. The molecule has 1 aliphatic carbocycles. The van der Waals surface area contributed by atoms with Crippen molar-refractivity contribution in [3.05, 3.63) is 53.7 Å². The van der Waals surface area contributed by atoms with Crippen molar-refractivity contribution >= 4 is 22.7 Å². The van der Waals surface area contributed by atoms with E-state index < -0.39 is 5.72 Å². The van der Waals surface area contributed by atoms with Crippen molar-refractivity contribution in [1.82, 2.24) is 14.8 Å². The second-order valence-corrected chi connectivity index (χ2v) is 9.27. The summed E-state index contributed by atoms with van der Waals surface area (Å²) in [6.45, 7) is 0.961. The third kappa shape index (κ3) is 3.36. The molecule has 0 bridgehead atoms. The highest BCUT2D eigenvalue weighted by Gasteiger charge is 2.43. The van der Waals surface area contributed by atoms with Crippen molar-refractivity contribution in [2.24, 2.45) is 0 Å². The van der Waals surface area contributed by atoms with Gasteiger partial charge < -0.3 is 29.0 Å². The SMILES string of the molecule is COc1ccc2c(c1)C(=O)NC1(CCN(C(=O)c3cc(OC)c4ccn(C5CC5)c4c3)CC1)O2. The van der Waals surface area contributed by atoms with Gasteiger partial charge in [-0.3, -0.25) is 9.59 Å². The molecule has 34 heavy (non-hydrogen) atoms. The van der Waals surface area contributed by atoms with Gasteiger partial charge in [-0.1, -0.05) is 0 Å². The highest BCUT2D eigenvalue weighted by atomic mass is 16.5. The number of nitrogens with zero attached hydrogens (tertiary/aromatic N) is 2. The van der Waals surface area contributed by atoms with Crippen LogP contribution < -0.4 is 19.5 Å². The summed E-state index contributed by atoms with van der Waals surface area (Å²) >= 11 is 0. The van der Waals surface area contributed by atoms with Gasteiger partial charge in [0.1, 0.15) is 17.2 Å². The van der Waals surface area contributed by atoms with Crippen LogP contribution in [0.15, 0.2) is 42.6 Å². The van der Waals surface area contributed by atoms with Gasteiger partial charge in [-0.05, 0) is 49.2 Å². The third-order valence-electron chi connectivity index (χ3n) is 7.14. The van der Waals surface area contributed by atoms with Crippen LogP contribution in [-0.4, -0.2) is 54.3 Å². The van der Waals surface area contributed by atoms with Crippen molar-refractivity contribution in [3.8, 4) is 17.2 Å². The summed E-state index contributed by atoms with van der Waals surface area (Å²) < 4.78 is 19.3. The number of ether oxygens (including phenoxy) is 3. The molecule has 2 amide bonds. The summed E-state index contributed by atoms with van der Waals surface area (Å²) in [6, 6.07) is 11.6. The fraction of sp³-hybridized carbons (Fsp3) is 0.385. The predicted molar refractivity (Wildman–Crippen MR) is 126 cm³/mol. The first-order chi connectivity index (χ1) is 16.5. The smallest absolute Gasteiger partial charge is 0.258 e. The summed E-state index contributed by atoms with van der Waals surface area (Å²) in [5, 5.41) is 4.05. The monoisotopic (exact) mass is 461 g/mol. The first kappa shape index (κ1) is 20.9. The quantitative estimate of drug-likeness (QED) is 0.640. The fourth-order valence-corrected chi connectivity index (χ4v) is 5.09. The average Bonchev–Trinajstić information content (AvgIpc) is 3.61. The molecule has 1 spiro atoms. The second kappa shape index (κ2) is 7.68. The molecule has 1 N–H and O–H groups in total. The van der Waals surface area contributed by atoms with Gasteiger partial charge in [-0.15, -0.1) is 0 Å². The Hall–Kier alpha value is -3.68. The highest BCUT2D eigenvalue weighted by Crippen LogP contribution is 2.40. The van der Waals surface area contributed by atoms with Crippen LogP contribution in [0.1, 0.15) is 52.4 Å². The van der Waals surface area contributed by atoms with E-state index in [0.717, 1.165) is 10.9 Å². The lowest BCUT2D eigenvalue weighted by Crippen LogP contribution is -2.61. The molecule has 3 heterocycles. The van der Waals surface area contributed by atoms with Crippen LogP contribution in [0.25, 0.3) is 10.9 Å². The lowest BCUT2D eigenvalue weighted by atomic mass is 9.96. The standard InChI is InChI=1S/C26H27N3O5/c1-32-18-5-6-22-20(15-18)24(30)27-26(34-22)8-11-28(12-9-26)25(31)16-13-21-19(23(14-16)33-2)7-10-29(21)17-3-4-17/h5-7,10,13-15,17H,3-4,8-9,11-12H2,1-2H3,(H,27,30). The molecule has 1 saturated heterocycles. The number of amides is 2. The summed E-state index contributed by atoms with van der Waals surface area (Å²) in [6.07, 6.45) is 5.43. The van der Waals surface area contributed by atoms with Gasteiger partial charge in [-0.2, -0.15) is 0 Å². The number of carbonyl (C=O) groups is 2. The zero-order chi connectivity index (χ0) is 23.4. The third-order valence-corrected chi connectivity index (χ3v) is 7.14. The molecule has 6 rings (SSSR count). The number of benzene rings is 2. The lowest BCUT2D eigenvalue weighted by Gasteiger charge is -2.44. The van der Waals surface area contributed by atoms with Crippen molar-refractivity contribution < 1.29 is 23.8 Å². The molecule has 0 radical (unpaired) electrons. The van der Waals surface area contributed by atoms with E-state index in [1.54, 1.807) is 32.4 Å². The topological polar surface area (TPSA) is 82.0 Å². The van der Waals surface area contributed by atoms with Crippen LogP contribution in [0.2, 0.25) is 0 Å². The fourth-order valence-electron chi connectivity index (χ4n) is 5.09. The van der Waals surface area contributed by atoms with E-state index >= 15 is 0 Å². The first-order valence-electron chi connectivity index (χ1n) is 11.7. The minimum atomic E-state index is -0.808. The maximum atomic E-state index is 13.5. The Morgan fingerprint density at radius 2 is 1.88 bits per heavy atom. The molecule has 0 unspecified atom stereocenters. The molecule has 8 heteroatoms. The van der Waals surface area contributed by atoms with Crippen LogP contribution in [0.4, 0.5) is 0 Å². The molecule has 0 atom stereocenters. The minimum Gasteiger partial charge on any atom is -0.497 e. The van der Waals surface area contributed by atoms with Gasteiger partial charge >= 0.3 is 0 Å². The molecule has 3 aliphatic rings. The van der Waals surface area contributed by atoms with E-state index in [-0.39, 0.29) is 11.8 Å². The Bertz CT molecular complexity index is 1300. The van der Waals surface area contributed by atoms with E-state index in [1.807, 2.05) is 17.0 Å². The second-order valence-electron chi connectivity index (χ2n) is 9.27. The number of carbonyl (C=O) groups excluding carboxylic acids is 2. The Balaban J connectivity index is 1.22. The lowest BCUT2D eigenvalue weighted by molar-refractivity contribution is -0.0246. The largest absolute Gasteiger partial charge is 0.497 e. The van der Waals surface area contributed by atoms with Crippen molar-refractivity contribution in [1.29, 1.82) is 0 Å². The zero-order valence-corrected chi connectivity index (χ0v) is 19.3. The molecular weight excluding hydrogens is 434 g/mol. The molecule has 1 aromatic heterocycles. The van der Waals surface area contributed by atoms with E-state index in [9.17, 15) is 9.59 Å². The van der Waals surface area contributed by atoms with Gasteiger partial charge in [0.05, 0.1) is 25.3 Å². The van der Waals surface area contributed by atoms with Crippen LogP contribution in [0.3, 0.4) is 0 Å². The van der Waals surface area contributed by atoms with Crippen LogP contribution in [0.5, 0.6) is 17.2 Å². The average molecular weight is 462 g/mol. The van der Waals surface area contributed by atoms with Crippen LogP contribution in [0, 0.1) is 0 Å². The number of aromatic nitrogens is 1. The summed E-state index contributed by atoms with van der Waals surface area (Å²) in [5.74, 6) is 1.64. The van der Waals surface area contributed by atoms with E-state index in [1.165, 1.54) is 12.8 Å². The number of methoxy groups -OCH3 is 2. The minimum absolute atomic E-state index is 0.0362. The summed E-state index contributed by atoms with van der Waals surface area (Å²) in [4.78, 5) is 28.1. The highest BCUT2D eigenvalue weighted by molar-refractivity contribution is 6.01. The van der Waals surface area contributed by atoms with Gasteiger partial charge in [0, 0.05) is 49.1 Å². The molecule has 3 aromatic rings. The first-order valence-corrected chi connectivity index (χ1v) is 11.7. The van der Waals surface area contributed by atoms with Crippen molar-refractivity contribution in [3.63, 3.8) is 0 Å². The van der Waals surface area contributed by atoms with E-state index in [0.29, 0.717) is 60.3 Å². The van der Waals surface area contributed by atoms with Gasteiger partial charge in [0.2, 0.25) is 0 Å². The number of piperidine rings is 1. The number of nitrogens with one attached hydrogen (secondary N) is 1. The summed E-state index contributed by atoms with van der Waals surface area (Å²) in [5.41, 5.74) is 1.31. The van der Waals surface area contributed by atoms with Gasteiger partial charge in [0.25, 0.3) is 11.8 Å². The molecule has 8 nitrogen and oxygen atoms in total. The molecule has 2 aliphatic heterocycles. The van der Waals surface area contributed by atoms with Crippen LogP contribution in [-0.2, 0) is 0 Å². The maximum Gasteiger partial charge on any atom is 0.258 e.